The van der Waals surface area contributed by atoms with Gasteiger partial charge in [0.2, 0.25) is 0 Å². The van der Waals surface area contributed by atoms with E-state index in [1.165, 1.54) is 16.5 Å². The Bertz CT molecular complexity index is 634. The summed E-state index contributed by atoms with van der Waals surface area (Å²) in [6, 6.07) is 7.31. The first-order valence-corrected chi connectivity index (χ1v) is 7.82. The normalized spacial score (nSPS) is 16.8. The number of ether oxygens (including phenoxy) is 1. The number of rotatable bonds is 4. The summed E-state index contributed by atoms with van der Waals surface area (Å²) in [5, 5.41) is 4.62. The van der Waals surface area contributed by atoms with Gasteiger partial charge >= 0.3 is 0 Å². The summed E-state index contributed by atoms with van der Waals surface area (Å²) < 4.78 is 19.8. The van der Waals surface area contributed by atoms with Crippen LogP contribution in [0.5, 0.6) is 0 Å². The maximum atomic E-state index is 13.3. The van der Waals surface area contributed by atoms with Crippen molar-refractivity contribution in [2.75, 3.05) is 13.2 Å². The molecule has 0 bridgehead atoms. The zero-order valence-electron chi connectivity index (χ0n) is 11.5. The second-order valence-electron chi connectivity index (χ2n) is 4.99. The molecule has 3 rings (SSSR count). The van der Waals surface area contributed by atoms with Crippen molar-refractivity contribution >= 4 is 21.4 Å². The Hall–Kier alpha value is -1.39. The second kappa shape index (κ2) is 5.94. The van der Waals surface area contributed by atoms with Crippen LogP contribution in [0, 0.1) is 5.82 Å². The van der Waals surface area contributed by atoms with E-state index < -0.39 is 0 Å². The maximum Gasteiger partial charge on any atom is 0.124 e. The van der Waals surface area contributed by atoms with Gasteiger partial charge in [-0.3, -0.25) is 0 Å². The van der Waals surface area contributed by atoms with E-state index in [-0.39, 0.29) is 11.9 Å². The molecule has 1 unspecified atom stereocenters. The molecule has 1 aromatic carbocycles. The average Bonchev–Trinajstić information content (AvgIpc) is 2.88. The fourth-order valence-corrected chi connectivity index (χ4v) is 3.79. The number of fused-ring (bicyclic) bond motifs is 1. The molecule has 0 fully saturated rings. The van der Waals surface area contributed by atoms with Crippen molar-refractivity contribution in [2.45, 2.75) is 25.8 Å². The highest BCUT2D eigenvalue weighted by Crippen LogP contribution is 2.35. The van der Waals surface area contributed by atoms with E-state index >= 15 is 0 Å². The molecule has 0 saturated carbocycles. The molecule has 2 aromatic rings. The zero-order valence-corrected chi connectivity index (χ0v) is 12.3. The minimum Gasteiger partial charge on any atom is -0.501 e. The predicted molar refractivity (Wildman–Crippen MR) is 81.5 cm³/mol. The Labute approximate surface area is 122 Å². The third-order valence-electron chi connectivity index (χ3n) is 3.53. The Morgan fingerprint density at radius 3 is 3.05 bits per heavy atom. The van der Waals surface area contributed by atoms with Crippen molar-refractivity contribution in [3.8, 4) is 0 Å². The highest BCUT2D eigenvalue weighted by atomic mass is 32.1. The number of nitrogens with one attached hydrogen (secondary N) is 1. The van der Waals surface area contributed by atoms with Gasteiger partial charge in [-0.15, -0.1) is 11.3 Å². The van der Waals surface area contributed by atoms with Crippen LogP contribution in [0.1, 0.15) is 30.7 Å². The van der Waals surface area contributed by atoms with Gasteiger partial charge in [-0.1, -0.05) is 13.0 Å². The summed E-state index contributed by atoms with van der Waals surface area (Å²) in [5.74, 6) is -0.175. The number of hydrogen-bond acceptors (Lipinski definition) is 3. The quantitative estimate of drug-likeness (QED) is 0.902. The van der Waals surface area contributed by atoms with Gasteiger partial charge in [0.05, 0.1) is 18.9 Å². The fourth-order valence-electron chi connectivity index (χ4n) is 2.58. The van der Waals surface area contributed by atoms with Crippen LogP contribution in [0.25, 0.3) is 10.1 Å². The molecule has 2 nitrogen and oxygen atoms in total. The number of halogens is 1. The molecule has 0 saturated heterocycles. The molecule has 1 aliphatic rings. The molecule has 20 heavy (non-hydrogen) atoms. The minimum atomic E-state index is -0.175. The predicted octanol–water partition coefficient (Wildman–Crippen LogP) is 4.39. The molecule has 1 aromatic heterocycles. The van der Waals surface area contributed by atoms with Gasteiger partial charge < -0.3 is 10.1 Å². The van der Waals surface area contributed by atoms with Gasteiger partial charge in [-0.2, -0.15) is 0 Å². The van der Waals surface area contributed by atoms with E-state index in [1.807, 2.05) is 12.3 Å². The van der Waals surface area contributed by atoms with E-state index in [2.05, 4.69) is 18.3 Å². The molecule has 0 radical (unpaired) electrons. The Balaban J connectivity index is 1.98. The summed E-state index contributed by atoms with van der Waals surface area (Å²) >= 11 is 1.65. The van der Waals surface area contributed by atoms with Gasteiger partial charge in [-0.25, -0.2) is 4.39 Å². The smallest absolute Gasteiger partial charge is 0.124 e. The molecule has 1 aliphatic heterocycles. The van der Waals surface area contributed by atoms with E-state index in [0.717, 1.165) is 36.1 Å². The average molecular weight is 291 g/mol. The summed E-state index contributed by atoms with van der Waals surface area (Å²) in [6.07, 6.45) is 4.01. The third kappa shape index (κ3) is 2.72. The Morgan fingerprint density at radius 1 is 1.40 bits per heavy atom. The third-order valence-corrected chi connectivity index (χ3v) is 4.69. The summed E-state index contributed by atoms with van der Waals surface area (Å²) in [4.78, 5) is 1.23. The van der Waals surface area contributed by atoms with Crippen LogP contribution in [0.2, 0.25) is 0 Å². The first-order valence-electron chi connectivity index (χ1n) is 7.01. The van der Waals surface area contributed by atoms with Crippen molar-refractivity contribution in [2.24, 2.45) is 0 Å². The van der Waals surface area contributed by atoms with Crippen LogP contribution in [0.3, 0.4) is 0 Å². The number of likely N-dealkylation sites (N-methyl/N-ethyl adjacent to an activating group) is 1. The first kappa shape index (κ1) is 13.6. The van der Waals surface area contributed by atoms with E-state index in [4.69, 9.17) is 4.74 Å². The molecular weight excluding hydrogens is 273 g/mol. The molecule has 0 aliphatic carbocycles. The van der Waals surface area contributed by atoms with E-state index in [1.54, 1.807) is 17.4 Å². The fraction of sp³-hybridized carbons (Fsp3) is 0.375. The minimum absolute atomic E-state index is 0.175. The van der Waals surface area contributed by atoms with Crippen LogP contribution >= 0.6 is 11.3 Å². The molecule has 0 amide bonds. The van der Waals surface area contributed by atoms with Crippen LogP contribution in [-0.2, 0) is 4.74 Å². The van der Waals surface area contributed by atoms with Gasteiger partial charge in [0.15, 0.2) is 0 Å². The summed E-state index contributed by atoms with van der Waals surface area (Å²) in [7, 11) is 0. The molecule has 2 heterocycles. The molecule has 1 N–H and O–H groups in total. The van der Waals surface area contributed by atoms with Gasteiger partial charge in [-0.05, 0) is 48.5 Å². The molecule has 4 heteroatoms. The van der Waals surface area contributed by atoms with E-state index in [0.29, 0.717) is 0 Å². The lowest BCUT2D eigenvalue weighted by Gasteiger charge is -2.23. The van der Waals surface area contributed by atoms with Crippen LogP contribution in [0.4, 0.5) is 4.39 Å². The lowest BCUT2D eigenvalue weighted by atomic mass is 10.0. The van der Waals surface area contributed by atoms with Gasteiger partial charge in [0.25, 0.3) is 0 Å². The van der Waals surface area contributed by atoms with Gasteiger partial charge in [0, 0.05) is 9.58 Å². The highest BCUT2D eigenvalue weighted by Gasteiger charge is 2.20. The first-order chi connectivity index (χ1) is 9.78. The van der Waals surface area contributed by atoms with Crippen LogP contribution < -0.4 is 5.32 Å². The van der Waals surface area contributed by atoms with E-state index in [9.17, 15) is 4.39 Å². The van der Waals surface area contributed by atoms with Crippen molar-refractivity contribution in [1.29, 1.82) is 0 Å². The van der Waals surface area contributed by atoms with Crippen molar-refractivity contribution in [3.63, 3.8) is 0 Å². The van der Waals surface area contributed by atoms with Crippen LogP contribution in [-0.4, -0.2) is 13.2 Å². The molecular formula is C16H18FNOS. The zero-order chi connectivity index (χ0) is 13.9. The van der Waals surface area contributed by atoms with Crippen molar-refractivity contribution in [3.05, 3.63) is 46.8 Å². The van der Waals surface area contributed by atoms with Gasteiger partial charge in [0.1, 0.15) is 5.82 Å². The lowest BCUT2D eigenvalue weighted by Crippen LogP contribution is -2.23. The Morgan fingerprint density at radius 2 is 2.30 bits per heavy atom. The highest BCUT2D eigenvalue weighted by molar-refractivity contribution is 7.19. The SMILES string of the molecule is CCNC(C1=COCCC1)c1cc2ccc(F)cc2s1. The maximum absolute atomic E-state index is 13.3. The Kier molecular flexibility index (Phi) is 4.03. The largest absolute Gasteiger partial charge is 0.501 e. The van der Waals surface area contributed by atoms with Crippen LogP contribution in [0.15, 0.2) is 36.1 Å². The summed E-state index contributed by atoms with van der Waals surface area (Å²) in [5.41, 5.74) is 1.28. The monoisotopic (exact) mass is 291 g/mol. The number of thiophene rings is 1. The standard InChI is InChI=1S/C16H18FNOS/c1-2-18-16(12-4-3-7-19-10-12)15-8-11-5-6-13(17)9-14(11)20-15/h5-6,8-10,16,18H,2-4,7H2,1H3. The second-order valence-corrected chi connectivity index (χ2v) is 6.10. The van der Waals surface area contributed by atoms with Crippen molar-refractivity contribution < 1.29 is 9.13 Å². The topological polar surface area (TPSA) is 21.3 Å². The van der Waals surface area contributed by atoms with Crippen molar-refractivity contribution in [1.82, 2.24) is 5.32 Å². The number of benzene rings is 1. The molecule has 1 atom stereocenters. The number of hydrogen-bond donors (Lipinski definition) is 1. The molecule has 0 spiro atoms. The summed E-state index contributed by atoms with van der Waals surface area (Å²) in [6.45, 7) is 3.80. The lowest BCUT2D eigenvalue weighted by molar-refractivity contribution is 0.219. The molecule has 106 valence electrons.